The van der Waals surface area contributed by atoms with Crippen LogP contribution in [0.2, 0.25) is 0 Å². The molecule has 1 heterocycles. The summed E-state index contributed by atoms with van der Waals surface area (Å²) in [6.07, 6.45) is -4.35. The van der Waals surface area contributed by atoms with Crippen LogP contribution in [0.25, 0.3) is 6.08 Å². The van der Waals surface area contributed by atoms with E-state index in [1.807, 2.05) is 0 Å². The van der Waals surface area contributed by atoms with Crippen LogP contribution in [0.1, 0.15) is 11.3 Å². The molecule has 1 aromatic heterocycles. The third kappa shape index (κ3) is 3.02. The van der Waals surface area contributed by atoms with Gasteiger partial charge in [-0.25, -0.2) is 0 Å². The maximum atomic E-state index is 12.2. The zero-order chi connectivity index (χ0) is 13.9. The van der Waals surface area contributed by atoms with E-state index >= 15 is 0 Å². The molecule has 0 unspecified atom stereocenters. The molecule has 100 valence electrons. The topological polar surface area (TPSA) is 64.5 Å². The van der Waals surface area contributed by atoms with Gasteiger partial charge in [-0.3, -0.25) is 0 Å². The van der Waals surface area contributed by atoms with Crippen molar-refractivity contribution in [1.82, 2.24) is 9.97 Å². The SMILES string of the molecule is COc1nc(/C=C(\O)C(F)(F)F)c(C)c(OC)n1. The third-order valence-electron chi connectivity index (χ3n) is 2.06. The van der Waals surface area contributed by atoms with Crippen molar-refractivity contribution in [2.24, 2.45) is 0 Å². The van der Waals surface area contributed by atoms with E-state index in [2.05, 4.69) is 9.97 Å². The lowest BCUT2D eigenvalue weighted by Gasteiger charge is -2.09. The van der Waals surface area contributed by atoms with Crippen LogP contribution in [-0.4, -0.2) is 35.5 Å². The molecule has 0 aliphatic heterocycles. The van der Waals surface area contributed by atoms with Crippen LogP contribution < -0.4 is 9.47 Å². The molecule has 0 fully saturated rings. The van der Waals surface area contributed by atoms with Crippen molar-refractivity contribution >= 4 is 6.08 Å². The molecule has 0 amide bonds. The van der Waals surface area contributed by atoms with Crippen molar-refractivity contribution in [3.8, 4) is 11.9 Å². The molecule has 1 aromatic rings. The molecule has 0 aliphatic rings. The number of methoxy groups -OCH3 is 2. The molecule has 0 aromatic carbocycles. The van der Waals surface area contributed by atoms with Gasteiger partial charge in [0.1, 0.15) is 0 Å². The lowest BCUT2D eigenvalue weighted by atomic mass is 10.2. The predicted octanol–water partition coefficient (Wildman–Crippen LogP) is 2.26. The summed E-state index contributed by atoms with van der Waals surface area (Å²) < 4.78 is 46.2. The summed E-state index contributed by atoms with van der Waals surface area (Å²) in [4.78, 5) is 7.49. The summed E-state index contributed by atoms with van der Waals surface area (Å²) in [5.41, 5.74) is 0.127. The first-order chi connectivity index (χ1) is 8.29. The summed E-state index contributed by atoms with van der Waals surface area (Å²) in [6.45, 7) is 1.47. The number of aliphatic hydroxyl groups excluding tert-OH is 1. The van der Waals surface area contributed by atoms with E-state index in [9.17, 15) is 13.2 Å². The van der Waals surface area contributed by atoms with Gasteiger partial charge >= 0.3 is 12.2 Å². The van der Waals surface area contributed by atoms with E-state index in [0.717, 1.165) is 0 Å². The van der Waals surface area contributed by atoms with Crippen LogP contribution >= 0.6 is 0 Å². The van der Waals surface area contributed by atoms with Crippen molar-refractivity contribution in [2.45, 2.75) is 13.1 Å². The van der Waals surface area contributed by atoms with E-state index < -0.39 is 11.9 Å². The van der Waals surface area contributed by atoms with Gasteiger partial charge in [0.15, 0.2) is 5.76 Å². The van der Waals surface area contributed by atoms with Crippen LogP contribution in [0.3, 0.4) is 0 Å². The molecule has 1 N–H and O–H groups in total. The Labute approximate surface area is 101 Å². The highest BCUT2D eigenvalue weighted by molar-refractivity contribution is 5.54. The Balaban J connectivity index is 3.32. The second-order valence-corrected chi connectivity index (χ2v) is 3.26. The van der Waals surface area contributed by atoms with Gasteiger partial charge in [-0.15, -0.1) is 0 Å². The predicted molar refractivity (Wildman–Crippen MR) is 56.5 cm³/mol. The van der Waals surface area contributed by atoms with Gasteiger partial charge in [0, 0.05) is 11.6 Å². The fourth-order valence-electron chi connectivity index (χ4n) is 1.13. The molecule has 8 heteroatoms. The van der Waals surface area contributed by atoms with E-state index in [0.29, 0.717) is 6.08 Å². The van der Waals surface area contributed by atoms with Crippen molar-refractivity contribution in [3.63, 3.8) is 0 Å². The first-order valence-corrected chi connectivity index (χ1v) is 4.74. The Bertz CT molecular complexity index is 472. The molecule has 0 radical (unpaired) electrons. The van der Waals surface area contributed by atoms with Crippen molar-refractivity contribution in [1.29, 1.82) is 0 Å². The highest BCUT2D eigenvalue weighted by Crippen LogP contribution is 2.28. The van der Waals surface area contributed by atoms with Gasteiger partial charge < -0.3 is 14.6 Å². The number of alkyl halides is 3. The van der Waals surface area contributed by atoms with Gasteiger partial charge in [-0.1, -0.05) is 0 Å². The monoisotopic (exact) mass is 264 g/mol. The first-order valence-electron chi connectivity index (χ1n) is 4.74. The lowest BCUT2D eigenvalue weighted by molar-refractivity contribution is -0.119. The lowest BCUT2D eigenvalue weighted by Crippen LogP contribution is -2.11. The minimum atomic E-state index is -4.84. The molecule has 0 atom stereocenters. The molecule has 0 bridgehead atoms. The number of rotatable bonds is 3. The smallest absolute Gasteiger partial charge is 0.448 e. The maximum Gasteiger partial charge on any atom is 0.448 e. The van der Waals surface area contributed by atoms with Crippen LogP contribution in [0, 0.1) is 6.92 Å². The highest BCUT2D eigenvalue weighted by atomic mass is 19.4. The number of hydrogen-bond acceptors (Lipinski definition) is 5. The molecule has 0 saturated carbocycles. The number of hydrogen-bond donors (Lipinski definition) is 1. The normalized spacial score (nSPS) is 12.4. The minimum absolute atomic E-state index is 0.0723. The Hall–Kier alpha value is -1.99. The van der Waals surface area contributed by atoms with Crippen molar-refractivity contribution in [2.75, 3.05) is 14.2 Å². The number of nitrogens with zero attached hydrogens (tertiary/aromatic N) is 2. The van der Waals surface area contributed by atoms with Crippen LogP contribution in [0.4, 0.5) is 13.2 Å². The summed E-state index contributed by atoms with van der Waals surface area (Å²) >= 11 is 0. The average molecular weight is 264 g/mol. The van der Waals surface area contributed by atoms with Crippen LogP contribution in [0.5, 0.6) is 11.9 Å². The number of aromatic nitrogens is 2. The average Bonchev–Trinajstić information content (AvgIpc) is 2.30. The van der Waals surface area contributed by atoms with Gasteiger partial charge in [0.25, 0.3) is 0 Å². The van der Waals surface area contributed by atoms with Gasteiger partial charge in [-0.2, -0.15) is 23.1 Å². The molecular formula is C10H11F3N2O3. The fraction of sp³-hybridized carbons (Fsp3) is 0.400. The molecular weight excluding hydrogens is 253 g/mol. The minimum Gasteiger partial charge on any atom is -0.504 e. The third-order valence-corrected chi connectivity index (χ3v) is 2.06. The number of allylic oxidation sites excluding steroid dienone is 1. The number of aliphatic hydroxyl groups is 1. The summed E-state index contributed by atoms with van der Waals surface area (Å²) in [6, 6.07) is -0.154. The molecule has 5 nitrogen and oxygen atoms in total. The first kappa shape index (κ1) is 14.1. The van der Waals surface area contributed by atoms with Crippen LogP contribution in [0.15, 0.2) is 5.76 Å². The largest absolute Gasteiger partial charge is 0.504 e. The van der Waals surface area contributed by atoms with Crippen molar-refractivity contribution in [3.05, 3.63) is 17.0 Å². The van der Waals surface area contributed by atoms with Crippen LogP contribution in [-0.2, 0) is 0 Å². The van der Waals surface area contributed by atoms with Crippen molar-refractivity contribution < 1.29 is 27.8 Å². The Morgan fingerprint density at radius 1 is 1.22 bits per heavy atom. The zero-order valence-electron chi connectivity index (χ0n) is 9.87. The van der Waals surface area contributed by atoms with Gasteiger partial charge in [0.05, 0.1) is 19.9 Å². The number of ether oxygens (including phenoxy) is 2. The number of halogens is 3. The second kappa shape index (κ2) is 5.11. The summed E-state index contributed by atoms with van der Waals surface area (Å²) in [7, 11) is 2.58. The maximum absolute atomic E-state index is 12.2. The zero-order valence-corrected chi connectivity index (χ0v) is 9.87. The molecule has 0 spiro atoms. The molecule has 18 heavy (non-hydrogen) atoms. The highest BCUT2D eigenvalue weighted by Gasteiger charge is 2.34. The standard InChI is InChI=1S/C10H11F3N2O3/c1-5-6(4-7(16)10(11,12)13)14-9(18-3)15-8(5)17-2/h4,16H,1-3H3/b7-4-. The molecule has 0 saturated heterocycles. The summed E-state index contributed by atoms with van der Waals surface area (Å²) in [5, 5.41) is 8.88. The van der Waals surface area contributed by atoms with Gasteiger partial charge in [0.2, 0.25) is 5.88 Å². The Morgan fingerprint density at radius 3 is 2.28 bits per heavy atom. The van der Waals surface area contributed by atoms with E-state index in [4.69, 9.17) is 14.6 Å². The molecule has 0 aliphatic carbocycles. The fourth-order valence-corrected chi connectivity index (χ4v) is 1.13. The Morgan fingerprint density at radius 2 is 1.83 bits per heavy atom. The van der Waals surface area contributed by atoms with Gasteiger partial charge in [-0.05, 0) is 6.92 Å². The summed E-state index contributed by atoms with van der Waals surface area (Å²) in [5.74, 6) is -1.68. The van der Waals surface area contributed by atoms with E-state index in [1.165, 1.54) is 21.1 Å². The molecule has 1 rings (SSSR count). The van der Waals surface area contributed by atoms with E-state index in [1.54, 1.807) is 0 Å². The quantitative estimate of drug-likeness (QED) is 0.848. The Kier molecular flexibility index (Phi) is 4.00. The van der Waals surface area contributed by atoms with E-state index in [-0.39, 0.29) is 23.1 Å². The second-order valence-electron chi connectivity index (χ2n) is 3.26.